The predicted octanol–water partition coefficient (Wildman–Crippen LogP) is 2.57. The first kappa shape index (κ1) is 18.7. The lowest BCUT2D eigenvalue weighted by Crippen LogP contribution is -2.41. The molecule has 2 aliphatic rings. The second-order valence-corrected chi connectivity index (χ2v) is 6.87. The Balaban J connectivity index is 1.27. The summed E-state index contributed by atoms with van der Waals surface area (Å²) in [5, 5.41) is 6.19. The largest absolute Gasteiger partial charge is 0.497 e. The van der Waals surface area contributed by atoms with Crippen molar-refractivity contribution in [2.75, 3.05) is 25.6 Å². The van der Waals surface area contributed by atoms with E-state index in [1.807, 2.05) is 18.2 Å². The molecule has 2 aromatic rings. The number of methoxy groups -OCH3 is 1. The zero-order valence-corrected chi connectivity index (χ0v) is 15.7. The van der Waals surface area contributed by atoms with Crippen LogP contribution in [0.25, 0.3) is 0 Å². The Morgan fingerprint density at radius 3 is 2.54 bits per heavy atom. The number of amides is 1. The Kier molecular flexibility index (Phi) is 5.76. The molecule has 4 atom stereocenters. The van der Waals surface area contributed by atoms with Crippen LogP contribution in [-0.4, -0.2) is 50.8 Å². The van der Waals surface area contributed by atoms with E-state index >= 15 is 0 Å². The summed E-state index contributed by atoms with van der Waals surface area (Å²) in [4.78, 5) is 12.2. The highest BCUT2D eigenvalue weighted by Gasteiger charge is 2.49. The van der Waals surface area contributed by atoms with Gasteiger partial charge in [0.1, 0.15) is 18.0 Å². The van der Waals surface area contributed by atoms with E-state index < -0.39 is 12.2 Å². The lowest BCUT2D eigenvalue weighted by atomic mass is 10.1. The quantitative estimate of drug-likeness (QED) is 0.797. The van der Waals surface area contributed by atoms with Crippen molar-refractivity contribution in [2.24, 2.45) is 0 Å². The third-order valence-electron chi connectivity index (χ3n) is 5.01. The first-order valence-corrected chi connectivity index (χ1v) is 9.35. The fourth-order valence-corrected chi connectivity index (χ4v) is 3.54. The third-order valence-corrected chi connectivity index (χ3v) is 5.01. The van der Waals surface area contributed by atoms with Crippen LogP contribution in [-0.2, 0) is 20.8 Å². The van der Waals surface area contributed by atoms with Gasteiger partial charge < -0.3 is 24.3 Å². The monoisotopic (exact) mass is 384 g/mol. The van der Waals surface area contributed by atoms with E-state index in [2.05, 4.69) is 22.8 Å². The molecule has 0 bridgehead atoms. The molecule has 7 heteroatoms. The van der Waals surface area contributed by atoms with Gasteiger partial charge in [0, 0.05) is 12.2 Å². The zero-order valence-electron chi connectivity index (χ0n) is 15.7. The number of benzene rings is 2. The molecule has 2 aliphatic heterocycles. The van der Waals surface area contributed by atoms with Gasteiger partial charge in [-0.1, -0.05) is 30.3 Å². The number of carbonyl (C=O) groups excluding carboxylic acids is 1. The van der Waals surface area contributed by atoms with Gasteiger partial charge in [-0.2, -0.15) is 0 Å². The van der Waals surface area contributed by atoms with Gasteiger partial charge in [0.15, 0.2) is 6.10 Å². The number of anilines is 1. The molecule has 0 unspecified atom stereocenters. The number of rotatable bonds is 6. The average molecular weight is 384 g/mol. The Labute approximate surface area is 163 Å². The molecule has 0 aromatic heterocycles. The van der Waals surface area contributed by atoms with Gasteiger partial charge in [0.25, 0.3) is 0 Å². The topological polar surface area (TPSA) is 78.1 Å². The van der Waals surface area contributed by atoms with Gasteiger partial charge in [0.05, 0.1) is 26.4 Å². The van der Waals surface area contributed by atoms with Crippen molar-refractivity contribution >= 4 is 11.8 Å². The second-order valence-electron chi connectivity index (χ2n) is 6.87. The van der Waals surface area contributed by atoms with E-state index in [9.17, 15) is 4.79 Å². The Hall–Kier alpha value is -2.61. The van der Waals surface area contributed by atoms with Crippen molar-refractivity contribution in [3.8, 4) is 5.75 Å². The normalized spacial score (nSPS) is 25.9. The minimum absolute atomic E-state index is 0.0726. The van der Waals surface area contributed by atoms with Gasteiger partial charge in [-0.25, -0.2) is 4.79 Å². The first-order valence-electron chi connectivity index (χ1n) is 9.35. The van der Waals surface area contributed by atoms with Crippen LogP contribution >= 0.6 is 0 Å². The molecular formula is C21H24N2O5. The summed E-state index contributed by atoms with van der Waals surface area (Å²) in [6, 6.07) is 17.3. The molecule has 2 aromatic carbocycles. The summed E-state index contributed by atoms with van der Waals surface area (Å²) in [6.07, 6.45) is -1.33. The first-order chi connectivity index (χ1) is 13.7. The maximum atomic E-state index is 12.2. The van der Waals surface area contributed by atoms with Gasteiger partial charge in [-0.15, -0.1) is 0 Å². The molecule has 1 amide bonds. The molecule has 0 saturated carbocycles. The Morgan fingerprint density at radius 1 is 1.04 bits per heavy atom. The molecule has 2 fully saturated rings. The molecule has 0 radical (unpaired) electrons. The highest BCUT2D eigenvalue weighted by Crippen LogP contribution is 2.29. The number of ether oxygens (including phenoxy) is 4. The fraction of sp³-hybridized carbons (Fsp3) is 0.381. The van der Waals surface area contributed by atoms with E-state index in [4.69, 9.17) is 18.9 Å². The maximum Gasteiger partial charge on any atom is 0.412 e. The van der Waals surface area contributed by atoms with Gasteiger partial charge in [-0.05, 0) is 29.8 Å². The predicted molar refractivity (Wildman–Crippen MR) is 103 cm³/mol. The van der Waals surface area contributed by atoms with Crippen molar-refractivity contribution in [3.63, 3.8) is 0 Å². The van der Waals surface area contributed by atoms with Crippen LogP contribution in [0.2, 0.25) is 0 Å². The number of carbonyl (C=O) groups is 1. The SMILES string of the molecule is COc1ccc(NC(=O)O[C@@H]2CO[C@H]3[C@@H]2OC[C@@H]3NCc2ccccc2)cc1. The highest BCUT2D eigenvalue weighted by atomic mass is 16.6. The zero-order chi connectivity index (χ0) is 19.3. The Bertz CT molecular complexity index is 783. The Morgan fingerprint density at radius 2 is 1.79 bits per heavy atom. The minimum atomic E-state index is -0.524. The molecule has 4 rings (SSSR count). The summed E-state index contributed by atoms with van der Waals surface area (Å²) in [7, 11) is 1.59. The van der Waals surface area contributed by atoms with Crippen molar-refractivity contribution < 1.29 is 23.7 Å². The fourth-order valence-electron chi connectivity index (χ4n) is 3.54. The number of nitrogens with one attached hydrogen (secondary N) is 2. The smallest absolute Gasteiger partial charge is 0.412 e. The highest BCUT2D eigenvalue weighted by molar-refractivity contribution is 5.84. The summed E-state index contributed by atoms with van der Waals surface area (Å²) in [5.41, 5.74) is 1.84. The summed E-state index contributed by atoms with van der Waals surface area (Å²) >= 11 is 0. The lowest BCUT2D eigenvalue weighted by molar-refractivity contribution is 0.00854. The van der Waals surface area contributed by atoms with E-state index in [1.165, 1.54) is 5.56 Å². The lowest BCUT2D eigenvalue weighted by Gasteiger charge is -2.18. The summed E-state index contributed by atoms with van der Waals surface area (Å²) in [5.74, 6) is 0.722. The van der Waals surface area contributed by atoms with Gasteiger partial charge in [0.2, 0.25) is 0 Å². The number of fused-ring (bicyclic) bond motifs is 1. The van der Waals surface area contributed by atoms with E-state index in [1.54, 1.807) is 31.4 Å². The van der Waals surface area contributed by atoms with Crippen molar-refractivity contribution in [2.45, 2.75) is 30.9 Å². The molecule has 2 saturated heterocycles. The van der Waals surface area contributed by atoms with Crippen LogP contribution in [0, 0.1) is 0 Å². The van der Waals surface area contributed by atoms with Crippen LogP contribution in [0.15, 0.2) is 54.6 Å². The van der Waals surface area contributed by atoms with E-state index in [0.717, 1.165) is 12.3 Å². The standard InChI is InChI=1S/C21H24N2O5/c1-25-16-9-7-15(8-10-16)23-21(24)28-18-13-27-19-17(12-26-20(18)19)22-11-14-5-3-2-4-6-14/h2-10,17-20,22H,11-13H2,1H3,(H,23,24)/t17-,18+,19+,20+/m0/s1. The third kappa shape index (κ3) is 4.27. The van der Waals surface area contributed by atoms with E-state index in [0.29, 0.717) is 18.9 Å². The van der Waals surface area contributed by atoms with Crippen LogP contribution in [0.5, 0.6) is 5.75 Å². The molecule has 0 spiro atoms. The molecule has 2 heterocycles. The molecular weight excluding hydrogens is 360 g/mol. The molecule has 0 aliphatic carbocycles. The maximum absolute atomic E-state index is 12.2. The summed E-state index contributed by atoms with van der Waals surface area (Å²) in [6.45, 7) is 1.60. The molecule has 28 heavy (non-hydrogen) atoms. The minimum Gasteiger partial charge on any atom is -0.497 e. The summed E-state index contributed by atoms with van der Waals surface area (Å²) < 4.78 is 22.4. The molecule has 2 N–H and O–H groups in total. The average Bonchev–Trinajstić information content (AvgIpc) is 3.31. The molecule has 7 nitrogen and oxygen atoms in total. The van der Waals surface area contributed by atoms with Crippen molar-refractivity contribution in [3.05, 3.63) is 60.2 Å². The number of hydrogen-bond donors (Lipinski definition) is 2. The van der Waals surface area contributed by atoms with Crippen molar-refractivity contribution in [1.82, 2.24) is 5.32 Å². The van der Waals surface area contributed by atoms with Crippen LogP contribution in [0.3, 0.4) is 0 Å². The van der Waals surface area contributed by atoms with Gasteiger partial charge >= 0.3 is 6.09 Å². The van der Waals surface area contributed by atoms with Crippen LogP contribution in [0.4, 0.5) is 10.5 Å². The van der Waals surface area contributed by atoms with Crippen LogP contribution < -0.4 is 15.4 Å². The van der Waals surface area contributed by atoms with Gasteiger partial charge in [-0.3, -0.25) is 5.32 Å². The van der Waals surface area contributed by atoms with E-state index in [-0.39, 0.29) is 18.2 Å². The molecule has 148 valence electrons. The second kappa shape index (κ2) is 8.60. The number of hydrogen-bond acceptors (Lipinski definition) is 6. The van der Waals surface area contributed by atoms with Crippen LogP contribution in [0.1, 0.15) is 5.56 Å². The van der Waals surface area contributed by atoms with Crippen molar-refractivity contribution in [1.29, 1.82) is 0 Å².